The van der Waals surface area contributed by atoms with Crippen molar-refractivity contribution >= 4 is 18.3 Å². The summed E-state index contributed by atoms with van der Waals surface area (Å²) in [6.07, 6.45) is 2.02. The number of hydrogen-bond donors (Lipinski definition) is 1. The molecule has 1 aromatic rings. The molecular formula is C18H29ClN2O2. The van der Waals surface area contributed by atoms with E-state index < -0.39 is 0 Å². The highest BCUT2D eigenvalue weighted by Crippen LogP contribution is 2.20. The fourth-order valence-corrected chi connectivity index (χ4v) is 3.01. The van der Waals surface area contributed by atoms with Crippen molar-refractivity contribution in [3.05, 3.63) is 29.8 Å². The van der Waals surface area contributed by atoms with E-state index in [0.717, 1.165) is 30.7 Å². The van der Waals surface area contributed by atoms with Crippen molar-refractivity contribution in [2.24, 2.45) is 5.92 Å². The van der Waals surface area contributed by atoms with E-state index in [-0.39, 0.29) is 30.3 Å². The lowest BCUT2D eigenvalue weighted by Gasteiger charge is -2.30. The number of hydrogen-bond acceptors (Lipinski definition) is 3. The fraction of sp³-hybridized carbons (Fsp3) is 0.611. The van der Waals surface area contributed by atoms with Crippen LogP contribution in [0.25, 0.3) is 0 Å². The maximum Gasteiger partial charge on any atom is 0.225 e. The summed E-state index contributed by atoms with van der Waals surface area (Å²) < 4.78 is 5.72. The van der Waals surface area contributed by atoms with E-state index in [2.05, 4.69) is 12.2 Å². The molecule has 1 amide bonds. The van der Waals surface area contributed by atoms with Crippen LogP contribution in [-0.4, -0.2) is 36.5 Å². The van der Waals surface area contributed by atoms with Crippen LogP contribution in [0.3, 0.4) is 0 Å². The van der Waals surface area contributed by atoms with Gasteiger partial charge in [0.1, 0.15) is 5.75 Å². The van der Waals surface area contributed by atoms with E-state index in [4.69, 9.17) is 4.74 Å². The Morgan fingerprint density at radius 2 is 2.17 bits per heavy atom. The molecule has 5 heteroatoms. The van der Waals surface area contributed by atoms with Crippen molar-refractivity contribution in [2.75, 3.05) is 13.6 Å². The van der Waals surface area contributed by atoms with Gasteiger partial charge in [-0.3, -0.25) is 4.79 Å². The third kappa shape index (κ3) is 6.04. The first-order valence-electron chi connectivity index (χ1n) is 8.19. The van der Waals surface area contributed by atoms with Crippen molar-refractivity contribution in [2.45, 2.75) is 52.3 Å². The molecule has 1 aliphatic heterocycles. The highest BCUT2D eigenvalue weighted by Gasteiger charge is 2.27. The first kappa shape index (κ1) is 19.8. The molecule has 0 aliphatic carbocycles. The molecule has 2 rings (SSSR count). The van der Waals surface area contributed by atoms with Gasteiger partial charge >= 0.3 is 0 Å². The second-order valence-electron chi connectivity index (χ2n) is 6.58. The fourth-order valence-electron chi connectivity index (χ4n) is 3.01. The number of piperidine rings is 1. The van der Waals surface area contributed by atoms with Crippen LogP contribution >= 0.6 is 12.4 Å². The summed E-state index contributed by atoms with van der Waals surface area (Å²) >= 11 is 0. The Bertz CT molecular complexity index is 508. The van der Waals surface area contributed by atoms with Gasteiger partial charge in [0.15, 0.2) is 0 Å². The number of ether oxygens (including phenoxy) is 1. The van der Waals surface area contributed by atoms with Gasteiger partial charge in [0.05, 0.1) is 6.10 Å². The molecule has 0 saturated carbocycles. The summed E-state index contributed by atoms with van der Waals surface area (Å²) in [6, 6.07) is 8.44. The lowest BCUT2D eigenvalue weighted by atomic mass is 9.92. The van der Waals surface area contributed by atoms with Crippen LogP contribution in [0, 0.1) is 5.92 Å². The standard InChI is InChI=1S/C18H28N2O2.ClH/c1-13(2)22-17-7-5-6-15(11-17)12-20(4)18(21)16-8-9-19-14(3)10-16;/h5-7,11,13-14,16,19H,8-10,12H2,1-4H3;1H/t14-,16-;/m0./s1. The molecule has 2 atom stereocenters. The lowest BCUT2D eigenvalue weighted by molar-refractivity contribution is -0.135. The molecule has 1 aliphatic rings. The molecule has 1 aromatic carbocycles. The monoisotopic (exact) mass is 340 g/mol. The topological polar surface area (TPSA) is 41.6 Å². The van der Waals surface area contributed by atoms with Crippen LogP contribution in [0.4, 0.5) is 0 Å². The Morgan fingerprint density at radius 3 is 2.83 bits per heavy atom. The lowest BCUT2D eigenvalue weighted by Crippen LogP contribution is -2.42. The summed E-state index contributed by atoms with van der Waals surface area (Å²) in [6.45, 7) is 7.74. The van der Waals surface area contributed by atoms with E-state index in [1.807, 2.05) is 50.1 Å². The zero-order chi connectivity index (χ0) is 16.1. The molecule has 1 saturated heterocycles. The molecule has 0 radical (unpaired) electrons. The molecule has 1 heterocycles. The van der Waals surface area contributed by atoms with E-state index >= 15 is 0 Å². The van der Waals surface area contributed by atoms with Crippen LogP contribution in [0.1, 0.15) is 39.2 Å². The van der Waals surface area contributed by atoms with Crippen molar-refractivity contribution in [1.82, 2.24) is 10.2 Å². The number of carbonyl (C=O) groups excluding carboxylic acids is 1. The van der Waals surface area contributed by atoms with E-state index in [1.54, 1.807) is 0 Å². The van der Waals surface area contributed by atoms with Gasteiger partial charge in [-0.25, -0.2) is 0 Å². The average Bonchev–Trinajstić information content (AvgIpc) is 2.46. The van der Waals surface area contributed by atoms with Gasteiger partial charge in [0.2, 0.25) is 5.91 Å². The SMILES string of the molecule is CC(C)Oc1cccc(CN(C)C(=O)[C@H]2CCN[C@@H](C)C2)c1.Cl. The minimum atomic E-state index is 0. The van der Waals surface area contributed by atoms with Gasteiger partial charge in [-0.05, 0) is 57.9 Å². The van der Waals surface area contributed by atoms with E-state index in [0.29, 0.717) is 12.6 Å². The molecule has 1 fully saturated rings. The van der Waals surface area contributed by atoms with Crippen LogP contribution < -0.4 is 10.1 Å². The molecule has 0 bridgehead atoms. The normalized spacial score (nSPS) is 20.7. The van der Waals surface area contributed by atoms with E-state index in [9.17, 15) is 4.79 Å². The van der Waals surface area contributed by atoms with Crippen LogP contribution in [0.5, 0.6) is 5.75 Å². The predicted molar refractivity (Wildman–Crippen MR) is 96.1 cm³/mol. The Hall–Kier alpha value is -1.26. The number of benzene rings is 1. The highest BCUT2D eigenvalue weighted by molar-refractivity contribution is 5.85. The van der Waals surface area contributed by atoms with Crippen molar-refractivity contribution in [3.63, 3.8) is 0 Å². The zero-order valence-electron chi connectivity index (χ0n) is 14.5. The second kappa shape index (κ2) is 9.14. The highest BCUT2D eigenvalue weighted by atomic mass is 35.5. The van der Waals surface area contributed by atoms with Gasteiger partial charge < -0.3 is 15.0 Å². The van der Waals surface area contributed by atoms with Crippen LogP contribution in [0.15, 0.2) is 24.3 Å². The van der Waals surface area contributed by atoms with Gasteiger partial charge in [-0.2, -0.15) is 0 Å². The second-order valence-corrected chi connectivity index (χ2v) is 6.58. The van der Waals surface area contributed by atoms with Crippen LogP contribution in [0.2, 0.25) is 0 Å². The Labute approximate surface area is 146 Å². The number of nitrogens with zero attached hydrogens (tertiary/aromatic N) is 1. The quantitative estimate of drug-likeness (QED) is 0.894. The average molecular weight is 341 g/mol. The Balaban J connectivity index is 0.00000264. The maximum atomic E-state index is 12.6. The molecule has 0 spiro atoms. The van der Waals surface area contributed by atoms with Gasteiger partial charge in [0.25, 0.3) is 0 Å². The molecular weight excluding hydrogens is 312 g/mol. The summed E-state index contributed by atoms with van der Waals surface area (Å²) in [7, 11) is 1.89. The minimum Gasteiger partial charge on any atom is -0.491 e. The number of amides is 1. The summed E-state index contributed by atoms with van der Waals surface area (Å²) in [5, 5.41) is 3.39. The summed E-state index contributed by atoms with van der Waals surface area (Å²) in [5.74, 6) is 1.27. The van der Waals surface area contributed by atoms with Gasteiger partial charge in [-0.1, -0.05) is 12.1 Å². The summed E-state index contributed by atoms with van der Waals surface area (Å²) in [5.41, 5.74) is 1.11. The van der Waals surface area contributed by atoms with Gasteiger partial charge in [0, 0.05) is 25.6 Å². The van der Waals surface area contributed by atoms with E-state index in [1.165, 1.54) is 0 Å². The Kier molecular flexibility index (Phi) is 7.86. The van der Waals surface area contributed by atoms with Crippen molar-refractivity contribution < 1.29 is 9.53 Å². The smallest absolute Gasteiger partial charge is 0.225 e. The minimum absolute atomic E-state index is 0. The summed E-state index contributed by atoms with van der Waals surface area (Å²) in [4.78, 5) is 14.4. The maximum absolute atomic E-state index is 12.6. The number of halogens is 1. The van der Waals surface area contributed by atoms with Crippen LogP contribution in [-0.2, 0) is 11.3 Å². The van der Waals surface area contributed by atoms with Gasteiger partial charge in [-0.15, -0.1) is 12.4 Å². The largest absolute Gasteiger partial charge is 0.491 e. The third-order valence-corrected chi connectivity index (χ3v) is 4.04. The number of rotatable bonds is 5. The van der Waals surface area contributed by atoms with Crippen molar-refractivity contribution in [1.29, 1.82) is 0 Å². The first-order chi connectivity index (χ1) is 10.5. The number of nitrogens with one attached hydrogen (secondary N) is 1. The molecule has 1 N–H and O–H groups in total. The Morgan fingerprint density at radius 1 is 1.43 bits per heavy atom. The molecule has 0 aromatic heterocycles. The molecule has 23 heavy (non-hydrogen) atoms. The molecule has 0 unspecified atom stereocenters. The predicted octanol–water partition coefficient (Wildman–Crippen LogP) is 3.24. The molecule has 4 nitrogen and oxygen atoms in total. The first-order valence-corrected chi connectivity index (χ1v) is 8.19. The van der Waals surface area contributed by atoms with Crippen molar-refractivity contribution in [3.8, 4) is 5.75 Å². The third-order valence-electron chi connectivity index (χ3n) is 4.04. The number of carbonyl (C=O) groups is 1. The molecule has 130 valence electrons. The zero-order valence-corrected chi connectivity index (χ0v) is 15.4.